The molecule has 2 aliphatic rings. The smallest absolute Gasteiger partial charge is 0.226 e. The predicted octanol–water partition coefficient (Wildman–Crippen LogP) is 2.40. The molecule has 2 fully saturated rings. The van der Waals surface area contributed by atoms with Crippen molar-refractivity contribution in [3.63, 3.8) is 0 Å². The van der Waals surface area contributed by atoms with Crippen molar-refractivity contribution in [2.24, 2.45) is 23.5 Å². The summed E-state index contributed by atoms with van der Waals surface area (Å²) in [6, 6.07) is 0. The Morgan fingerprint density at radius 2 is 2.00 bits per heavy atom. The molecule has 0 aromatic rings. The molecule has 0 radical (unpaired) electrons. The molecule has 2 rings (SSSR count). The van der Waals surface area contributed by atoms with E-state index in [0.29, 0.717) is 18.4 Å². The normalized spacial score (nSPS) is 33.4. The number of rotatable bonds is 3. The van der Waals surface area contributed by atoms with E-state index in [4.69, 9.17) is 5.73 Å². The van der Waals surface area contributed by atoms with Crippen molar-refractivity contribution in [1.29, 1.82) is 0 Å². The van der Waals surface area contributed by atoms with Crippen LogP contribution in [0.2, 0.25) is 0 Å². The number of amides is 1. The molecule has 104 valence electrons. The average molecular weight is 252 g/mol. The Balaban J connectivity index is 1.92. The van der Waals surface area contributed by atoms with E-state index >= 15 is 0 Å². The second-order valence-corrected chi connectivity index (χ2v) is 6.06. The highest BCUT2D eigenvalue weighted by Gasteiger charge is 2.35. The number of hydrogen-bond acceptors (Lipinski definition) is 2. The fourth-order valence-electron chi connectivity index (χ4n) is 3.67. The summed E-state index contributed by atoms with van der Waals surface area (Å²) < 4.78 is 0. The SMILES string of the molecule is CCC1CCCN(C(=O)C2CCCC2CN)CC1. The van der Waals surface area contributed by atoms with Crippen LogP contribution in [0.15, 0.2) is 0 Å². The molecule has 3 heteroatoms. The summed E-state index contributed by atoms with van der Waals surface area (Å²) in [6.07, 6.45) is 8.34. The Bertz CT molecular complexity index is 280. The van der Waals surface area contributed by atoms with Gasteiger partial charge in [-0.3, -0.25) is 4.79 Å². The van der Waals surface area contributed by atoms with E-state index in [0.717, 1.165) is 31.8 Å². The molecule has 0 bridgehead atoms. The minimum Gasteiger partial charge on any atom is -0.342 e. The second-order valence-electron chi connectivity index (χ2n) is 6.06. The summed E-state index contributed by atoms with van der Waals surface area (Å²) in [5.41, 5.74) is 5.80. The first kappa shape index (κ1) is 13.9. The molecule has 1 aliphatic carbocycles. The molecular formula is C15H28N2O. The van der Waals surface area contributed by atoms with Crippen LogP contribution >= 0.6 is 0 Å². The molecule has 1 saturated carbocycles. The maximum atomic E-state index is 12.6. The average Bonchev–Trinajstić information content (AvgIpc) is 2.74. The van der Waals surface area contributed by atoms with E-state index in [1.165, 1.54) is 32.1 Å². The molecule has 1 heterocycles. The van der Waals surface area contributed by atoms with Gasteiger partial charge in [-0.05, 0) is 50.5 Å². The second kappa shape index (κ2) is 6.55. The Morgan fingerprint density at radius 1 is 1.17 bits per heavy atom. The minimum absolute atomic E-state index is 0.230. The predicted molar refractivity (Wildman–Crippen MR) is 74.1 cm³/mol. The third-order valence-electron chi connectivity index (χ3n) is 5.02. The van der Waals surface area contributed by atoms with Gasteiger partial charge in [-0.1, -0.05) is 19.8 Å². The third-order valence-corrected chi connectivity index (χ3v) is 5.02. The van der Waals surface area contributed by atoms with Crippen molar-refractivity contribution in [1.82, 2.24) is 4.90 Å². The first-order chi connectivity index (χ1) is 8.76. The lowest BCUT2D eigenvalue weighted by atomic mass is 9.94. The van der Waals surface area contributed by atoms with Crippen LogP contribution < -0.4 is 5.73 Å². The van der Waals surface area contributed by atoms with E-state index in [1.54, 1.807) is 0 Å². The molecule has 2 N–H and O–H groups in total. The number of carbonyl (C=O) groups is 1. The molecule has 1 amide bonds. The van der Waals surface area contributed by atoms with E-state index in [1.807, 2.05) is 0 Å². The van der Waals surface area contributed by atoms with Crippen molar-refractivity contribution in [2.75, 3.05) is 19.6 Å². The van der Waals surface area contributed by atoms with E-state index in [-0.39, 0.29) is 5.92 Å². The van der Waals surface area contributed by atoms with Crippen LogP contribution in [0.1, 0.15) is 51.9 Å². The monoisotopic (exact) mass is 252 g/mol. The highest BCUT2D eigenvalue weighted by Crippen LogP contribution is 2.33. The standard InChI is InChI=1S/C15H28N2O/c1-2-12-5-4-9-17(10-8-12)15(18)14-7-3-6-13(14)11-16/h12-14H,2-11,16H2,1H3. The summed E-state index contributed by atoms with van der Waals surface area (Å²) in [7, 11) is 0. The van der Waals surface area contributed by atoms with Gasteiger partial charge in [0.2, 0.25) is 5.91 Å². The summed E-state index contributed by atoms with van der Waals surface area (Å²) in [5.74, 6) is 1.91. The van der Waals surface area contributed by atoms with Crippen molar-refractivity contribution in [3.8, 4) is 0 Å². The van der Waals surface area contributed by atoms with E-state index in [2.05, 4.69) is 11.8 Å². The number of nitrogens with two attached hydrogens (primary N) is 1. The van der Waals surface area contributed by atoms with Gasteiger partial charge in [-0.25, -0.2) is 0 Å². The van der Waals surface area contributed by atoms with Crippen molar-refractivity contribution < 1.29 is 4.79 Å². The lowest BCUT2D eigenvalue weighted by Crippen LogP contribution is -2.39. The van der Waals surface area contributed by atoms with Gasteiger partial charge in [0.1, 0.15) is 0 Å². The Kier molecular flexibility index (Phi) is 5.04. The van der Waals surface area contributed by atoms with Gasteiger partial charge >= 0.3 is 0 Å². The first-order valence-corrected chi connectivity index (χ1v) is 7.75. The van der Waals surface area contributed by atoms with Gasteiger partial charge in [-0.2, -0.15) is 0 Å². The number of likely N-dealkylation sites (tertiary alicyclic amines) is 1. The molecule has 0 spiro atoms. The number of carbonyl (C=O) groups excluding carboxylic acids is 1. The molecule has 0 aromatic carbocycles. The summed E-state index contributed by atoms with van der Waals surface area (Å²) >= 11 is 0. The minimum atomic E-state index is 0.230. The van der Waals surface area contributed by atoms with Gasteiger partial charge < -0.3 is 10.6 Å². The van der Waals surface area contributed by atoms with Gasteiger partial charge in [0, 0.05) is 19.0 Å². The quantitative estimate of drug-likeness (QED) is 0.838. The molecule has 1 aliphatic heterocycles. The highest BCUT2D eigenvalue weighted by atomic mass is 16.2. The summed E-state index contributed by atoms with van der Waals surface area (Å²) in [5, 5.41) is 0. The van der Waals surface area contributed by atoms with Crippen molar-refractivity contribution >= 4 is 5.91 Å². The molecule has 0 aromatic heterocycles. The molecule has 3 unspecified atom stereocenters. The number of hydrogen-bond donors (Lipinski definition) is 1. The molecule has 1 saturated heterocycles. The molecule has 3 nitrogen and oxygen atoms in total. The van der Waals surface area contributed by atoms with Crippen LogP contribution in [0, 0.1) is 17.8 Å². The lowest BCUT2D eigenvalue weighted by molar-refractivity contribution is -0.136. The van der Waals surface area contributed by atoms with Gasteiger partial charge in [0.05, 0.1) is 0 Å². The Labute approximate surface area is 111 Å². The fraction of sp³-hybridized carbons (Fsp3) is 0.933. The zero-order valence-electron chi connectivity index (χ0n) is 11.7. The summed E-state index contributed by atoms with van der Waals surface area (Å²) in [4.78, 5) is 14.7. The first-order valence-electron chi connectivity index (χ1n) is 7.75. The van der Waals surface area contributed by atoms with Crippen LogP contribution in [0.5, 0.6) is 0 Å². The molecule has 18 heavy (non-hydrogen) atoms. The van der Waals surface area contributed by atoms with Crippen LogP contribution in [0.25, 0.3) is 0 Å². The zero-order valence-corrected chi connectivity index (χ0v) is 11.7. The van der Waals surface area contributed by atoms with Crippen LogP contribution in [0.3, 0.4) is 0 Å². The molecule has 3 atom stereocenters. The van der Waals surface area contributed by atoms with Gasteiger partial charge in [-0.15, -0.1) is 0 Å². The maximum Gasteiger partial charge on any atom is 0.226 e. The van der Waals surface area contributed by atoms with Gasteiger partial charge in [0.15, 0.2) is 0 Å². The lowest BCUT2D eigenvalue weighted by Gasteiger charge is -2.27. The topological polar surface area (TPSA) is 46.3 Å². The van der Waals surface area contributed by atoms with Crippen molar-refractivity contribution in [3.05, 3.63) is 0 Å². The Hall–Kier alpha value is -0.570. The van der Waals surface area contributed by atoms with Crippen LogP contribution in [-0.4, -0.2) is 30.4 Å². The van der Waals surface area contributed by atoms with E-state index < -0.39 is 0 Å². The van der Waals surface area contributed by atoms with Crippen LogP contribution in [-0.2, 0) is 4.79 Å². The molecular weight excluding hydrogens is 224 g/mol. The van der Waals surface area contributed by atoms with Gasteiger partial charge in [0.25, 0.3) is 0 Å². The Morgan fingerprint density at radius 3 is 2.72 bits per heavy atom. The maximum absolute atomic E-state index is 12.6. The fourth-order valence-corrected chi connectivity index (χ4v) is 3.67. The zero-order chi connectivity index (χ0) is 13.0. The van der Waals surface area contributed by atoms with E-state index in [9.17, 15) is 4.79 Å². The van der Waals surface area contributed by atoms with Crippen LogP contribution in [0.4, 0.5) is 0 Å². The summed E-state index contributed by atoms with van der Waals surface area (Å²) in [6.45, 7) is 4.90. The highest BCUT2D eigenvalue weighted by molar-refractivity contribution is 5.79. The largest absolute Gasteiger partial charge is 0.342 e. The third kappa shape index (κ3) is 3.05. The number of nitrogens with zero attached hydrogens (tertiary/aromatic N) is 1. The van der Waals surface area contributed by atoms with Crippen molar-refractivity contribution in [2.45, 2.75) is 51.9 Å².